The second kappa shape index (κ2) is 4.96. The molecule has 1 aromatic rings. The second-order valence-corrected chi connectivity index (χ2v) is 4.14. The Morgan fingerprint density at radius 1 is 1.39 bits per heavy atom. The molecule has 0 fully saturated rings. The van der Waals surface area contributed by atoms with Gasteiger partial charge in [-0.15, -0.1) is 0 Å². The molecule has 94 valence electrons. The molecule has 0 saturated carbocycles. The summed E-state index contributed by atoms with van der Waals surface area (Å²) in [5, 5.41) is 8.89. The van der Waals surface area contributed by atoms with E-state index in [1.807, 2.05) is 12.1 Å². The number of hydrogen-bond acceptors (Lipinski definition) is 5. The molecule has 0 spiro atoms. The van der Waals surface area contributed by atoms with Gasteiger partial charge in [-0.3, -0.25) is 4.79 Å². The zero-order valence-electron chi connectivity index (χ0n) is 10.4. The number of ether oxygens (including phenoxy) is 2. The maximum absolute atomic E-state index is 11.0. The van der Waals surface area contributed by atoms with Gasteiger partial charge in [0.15, 0.2) is 17.7 Å². The summed E-state index contributed by atoms with van der Waals surface area (Å²) in [6, 6.07) is 3.65. The van der Waals surface area contributed by atoms with Crippen LogP contribution in [0.1, 0.15) is 18.1 Å². The van der Waals surface area contributed by atoms with Gasteiger partial charge in [-0.1, -0.05) is 0 Å². The van der Waals surface area contributed by atoms with Crippen molar-refractivity contribution in [2.45, 2.75) is 19.9 Å². The monoisotopic (exact) mass is 246 g/mol. The zero-order chi connectivity index (χ0) is 13.1. The average molecular weight is 246 g/mol. The summed E-state index contributed by atoms with van der Waals surface area (Å²) in [4.78, 5) is 12.7. The van der Waals surface area contributed by atoms with E-state index in [-0.39, 0.29) is 5.97 Å². The van der Waals surface area contributed by atoms with Crippen molar-refractivity contribution in [1.82, 2.24) is 4.90 Å². The number of hydrogen-bond donors (Lipinski definition) is 0. The van der Waals surface area contributed by atoms with E-state index in [9.17, 15) is 4.79 Å². The molecule has 0 N–H and O–H groups in total. The van der Waals surface area contributed by atoms with Crippen molar-refractivity contribution in [3.63, 3.8) is 0 Å². The average Bonchev–Trinajstić information content (AvgIpc) is 2.36. The molecule has 18 heavy (non-hydrogen) atoms. The maximum atomic E-state index is 11.0. The summed E-state index contributed by atoms with van der Waals surface area (Å²) < 4.78 is 10.3. The highest BCUT2D eigenvalue weighted by Gasteiger charge is 2.19. The molecule has 5 nitrogen and oxygen atoms in total. The van der Waals surface area contributed by atoms with Crippen LogP contribution in [0.3, 0.4) is 0 Å². The minimum atomic E-state index is -0.372. The first-order valence-electron chi connectivity index (χ1n) is 5.67. The fourth-order valence-corrected chi connectivity index (χ4v) is 2.04. The summed E-state index contributed by atoms with van der Waals surface area (Å²) in [5.41, 5.74) is 2.13. The molecule has 1 aliphatic heterocycles. The molecule has 0 amide bonds. The van der Waals surface area contributed by atoms with E-state index in [1.165, 1.54) is 14.0 Å². The van der Waals surface area contributed by atoms with E-state index in [2.05, 4.69) is 6.19 Å². The number of esters is 1. The molecule has 2 rings (SSSR count). The van der Waals surface area contributed by atoms with E-state index in [0.29, 0.717) is 24.6 Å². The van der Waals surface area contributed by atoms with Gasteiger partial charge in [-0.2, -0.15) is 5.26 Å². The Labute approximate surface area is 106 Å². The van der Waals surface area contributed by atoms with E-state index >= 15 is 0 Å². The number of carbonyl (C=O) groups is 1. The van der Waals surface area contributed by atoms with Gasteiger partial charge in [-0.25, -0.2) is 0 Å². The fourth-order valence-electron chi connectivity index (χ4n) is 2.04. The molecule has 0 aromatic heterocycles. The highest BCUT2D eigenvalue weighted by Crippen LogP contribution is 2.33. The predicted molar refractivity (Wildman–Crippen MR) is 64.0 cm³/mol. The van der Waals surface area contributed by atoms with Crippen LogP contribution in [-0.4, -0.2) is 24.5 Å². The lowest BCUT2D eigenvalue weighted by Crippen LogP contribution is -2.26. The van der Waals surface area contributed by atoms with Crippen LogP contribution in [0.25, 0.3) is 0 Å². The highest BCUT2D eigenvalue weighted by atomic mass is 16.6. The Morgan fingerprint density at radius 2 is 2.11 bits per heavy atom. The third-order valence-electron chi connectivity index (χ3n) is 2.89. The fraction of sp³-hybridized carbons (Fsp3) is 0.385. The highest BCUT2D eigenvalue weighted by molar-refractivity contribution is 5.70. The third-order valence-corrected chi connectivity index (χ3v) is 2.89. The van der Waals surface area contributed by atoms with Gasteiger partial charge in [0.1, 0.15) is 0 Å². The van der Waals surface area contributed by atoms with Gasteiger partial charge in [0.2, 0.25) is 0 Å². The normalized spacial score (nSPS) is 13.5. The summed E-state index contributed by atoms with van der Waals surface area (Å²) in [6.45, 7) is 2.62. The molecule has 0 atom stereocenters. The summed E-state index contributed by atoms with van der Waals surface area (Å²) >= 11 is 0. The second-order valence-electron chi connectivity index (χ2n) is 4.14. The molecule has 0 unspecified atom stereocenters. The van der Waals surface area contributed by atoms with Crippen LogP contribution >= 0.6 is 0 Å². The minimum absolute atomic E-state index is 0.372. The van der Waals surface area contributed by atoms with Crippen molar-refractivity contribution in [1.29, 1.82) is 5.26 Å². The lowest BCUT2D eigenvalue weighted by molar-refractivity contribution is -0.132. The smallest absolute Gasteiger partial charge is 0.308 e. The summed E-state index contributed by atoms with van der Waals surface area (Å²) in [7, 11) is 1.53. The Bertz CT molecular complexity index is 520. The van der Waals surface area contributed by atoms with Gasteiger partial charge in [-0.05, 0) is 29.7 Å². The molecular weight excluding hydrogens is 232 g/mol. The van der Waals surface area contributed by atoms with E-state index in [1.54, 1.807) is 4.90 Å². The SMILES string of the molecule is COc1cc2c(cc1OC(C)=O)CCN(C#N)C2. The topological polar surface area (TPSA) is 62.6 Å². The Morgan fingerprint density at radius 3 is 2.72 bits per heavy atom. The van der Waals surface area contributed by atoms with Crippen LogP contribution < -0.4 is 9.47 Å². The summed E-state index contributed by atoms with van der Waals surface area (Å²) in [5.74, 6) is 0.584. The van der Waals surface area contributed by atoms with Crippen molar-refractivity contribution in [2.24, 2.45) is 0 Å². The van der Waals surface area contributed by atoms with Crippen molar-refractivity contribution >= 4 is 5.97 Å². The van der Waals surface area contributed by atoms with Crippen LogP contribution in [0.2, 0.25) is 0 Å². The lowest BCUT2D eigenvalue weighted by Gasteiger charge is -2.25. The quantitative estimate of drug-likeness (QED) is 0.449. The van der Waals surface area contributed by atoms with Crippen molar-refractivity contribution in [3.8, 4) is 17.7 Å². The number of benzene rings is 1. The predicted octanol–water partition coefficient (Wildman–Crippen LogP) is 1.46. The standard InChI is InChI=1S/C13H14N2O3/c1-9(16)18-13-5-10-3-4-15(8-14)7-11(10)6-12(13)17-2/h5-6H,3-4,7H2,1-2H3. The molecule has 0 saturated heterocycles. The number of fused-ring (bicyclic) bond motifs is 1. The van der Waals surface area contributed by atoms with Crippen LogP contribution in [0.15, 0.2) is 12.1 Å². The third kappa shape index (κ3) is 2.38. The molecule has 0 aliphatic carbocycles. The number of carbonyl (C=O) groups excluding carboxylic acids is 1. The maximum Gasteiger partial charge on any atom is 0.308 e. The summed E-state index contributed by atoms with van der Waals surface area (Å²) in [6.07, 6.45) is 2.90. The number of nitriles is 1. The van der Waals surface area contributed by atoms with Gasteiger partial charge < -0.3 is 14.4 Å². The zero-order valence-corrected chi connectivity index (χ0v) is 10.4. The first-order valence-corrected chi connectivity index (χ1v) is 5.67. The van der Waals surface area contributed by atoms with Crippen molar-refractivity contribution in [3.05, 3.63) is 23.3 Å². The number of nitrogens with zero attached hydrogens (tertiary/aromatic N) is 2. The van der Waals surface area contributed by atoms with Crippen LogP contribution in [0.4, 0.5) is 0 Å². The van der Waals surface area contributed by atoms with Crippen LogP contribution in [0, 0.1) is 11.5 Å². The van der Waals surface area contributed by atoms with E-state index in [0.717, 1.165) is 17.5 Å². The van der Waals surface area contributed by atoms with E-state index < -0.39 is 0 Å². The molecule has 1 heterocycles. The number of methoxy groups -OCH3 is 1. The molecule has 5 heteroatoms. The van der Waals surface area contributed by atoms with Gasteiger partial charge in [0, 0.05) is 13.5 Å². The minimum Gasteiger partial charge on any atom is -0.493 e. The van der Waals surface area contributed by atoms with Crippen molar-refractivity contribution in [2.75, 3.05) is 13.7 Å². The molecule has 0 bridgehead atoms. The Balaban J connectivity index is 2.36. The molecule has 0 radical (unpaired) electrons. The Kier molecular flexibility index (Phi) is 3.38. The van der Waals surface area contributed by atoms with Crippen LogP contribution in [-0.2, 0) is 17.8 Å². The Hall–Kier alpha value is -2.22. The first kappa shape index (κ1) is 12.2. The van der Waals surface area contributed by atoms with Gasteiger partial charge >= 0.3 is 5.97 Å². The first-order chi connectivity index (χ1) is 8.63. The van der Waals surface area contributed by atoms with Crippen LogP contribution in [0.5, 0.6) is 11.5 Å². The van der Waals surface area contributed by atoms with Crippen molar-refractivity contribution < 1.29 is 14.3 Å². The molecule has 1 aromatic carbocycles. The van der Waals surface area contributed by atoms with Gasteiger partial charge in [0.25, 0.3) is 0 Å². The largest absolute Gasteiger partial charge is 0.493 e. The lowest BCUT2D eigenvalue weighted by atomic mass is 9.99. The van der Waals surface area contributed by atoms with Gasteiger partial charge in [0.05, 0.1) is 13.7 Å². The van der Waals surface area contributed by atoms with E-state index in [4.69, 9.17) is 14.7 Å². The molecule has 1 aliphatic rings. The molecular formula is C13H14N2O3. The number of rotatable bonds is 2.